The van der Waals surface area contributed by atoms with Crippen molar-refractivity contribution in [3.05, 3.63) is 53.6 Å². The normalized spacial score (nSPS) is 22.1. The molecule has 3 fully saturated rings. The molecule has 34 heavy (non-hydrogen) atoms. The minimum atomic E-state index is -0.551. The Balaban J connectivity index is 1.18. The first-order valence-electron chi connectivity index (χ1n) is 12.1. The molecule has 0 bridgehead atoms. The molecule has 7 nitrogen and oxygen atoms in total. The molecule has 5 rings (SSSR count). The highest BCUT2D eigenvalue weighted by Crippen LogP contribution is 2.37. The van der Waals surface area contributed by atoms with Crippen LogP contribution < -0.4 is 20.4 Å². The van der Waals surface area contributed by atoms with Crippen molar-refractivity contribution in [2.45, 2.75) is 50.2 Å². The molecule has 0 radical (unpaired) electrons. The first kappa shape index (κ1) is 23.0. The summed E-state index contributed by atoms with van der Waals surface area (Å²) in [5, 5.41) is 6.18. The van der Waals surface area contributed by atoms with E-state index < -0.39 is 12.1 Å². The van der Waals surface area contributed by atoms with Gasteiger partial charge in [0, 0.05) is 48.3 Å². The molecule has 3 heterocycles. The molecule has 0 unspecified atom stereocenters. The van der Waals surface area contributed by atoms with E-state index in [0.717, 1.165) is 44.6 Å². The zero-order valence-electron chi connectivity index (χ0n) is 19.3. The average molecular weight is 483 g/mol. The van der Waals surface area contributed by atoms with Crippen molar-refractivity contribution in [1.29, 1.82) is 0 Å². The predicted octanol–water partition coefficient (Wildman–Crippen LogP) is 4.81. The van der Waals surface area contributed by atoms with Crippen LogP contribution in [0.15, 0.2) is 48.5 Å². The summed E-state index contributed by atoms with van der Waals surface area (Å²) in [6.45, 7) is 3.55. The number of urea groups is 1. The summed E-state index contributed by atoms with van der Waals surface area (Å²) in [5.74, 6) is -0.0800. The van der Waals surface area contributed by atoms with Gasteiger partial charge in [0.1, 0.15) is 6.04 Å². The molecular weight excluding hydrogens is 452 g/mol. The zero-order valence-corrected chi connectivity index (χ0v) is 20.0. The topological polar surface area (TPSA) is 73.9 Å². The highest BCUT2D eigenvalue weighted by Gasteiger charge is 2.38. The van der Waals surface area contributed by atoms with Crippen molar-refractivity contribution < 1.29 is 14.3 Å². The standard InChI is InChI=1S/C26H31ClN4O3/c27-19-4-6-20(7-5-19)28-25(33)29-23-3-1-15-31(24(23)32)22-10-8-21(9-11-22)30-16-13-26(14-17-30)12-2-18-34-26/h4-11,23H,1-3,12-18H2,(H2,28,29,33)/t23-/m1/s1. The largest absolute Gasteiger partial charge is 0.375 e. The Kier molecular flexibility index (Phi) is 6.66. The van der Waals surface area contributed by atoms with Crippen molar-refractivity contribution in [2.24, 2.45) is 0 Å². The number of nitrogens with zero attached hydrogens (tertiary/aromatic N) is 2. The number of carbonyl (C=O) groups is 2. The van der Waals surface area contributed by atoms with Gasteiger partial charge in [-0.25, -0.2) is 4.79 Å². The minimum Gasteiger partial charge on any atom is -0.375 e. The summed E-state index contributed by atoms with van der Waals surface area (Å²) < 4.78 is 6.04. The van der Waals surface area contributed by atoms with E-state index >= 15 is 0 Å². The van der Waals surface area contributed by atoms with Crippen molar-refractivity contribution in [3.63, 3.8) is 0 Å². The van der Waals surface area contributed by atoms with Gasteiger partial charge in [-0.1, -0.05) is 11.6 Å². The number of halogens is 1. The van der Waals surface area contributed by atoms with E-state index in [2.05, 4.69) is 27.7 Å². The quantitative estimate of drug-likeness (QED) is 0.656. The molecular formula is C26H31ClN4O3. The van der Waals surface area contributed by atoms with Gasteiger partial charge in [0.2, 0.25) is 5.91 Å². The van der Waals surface area contributed by atoms with E-state index in [1.807, 2.05) is 12.1 Å². The predicted molar refractivity (Wildman–Crippen MR) is 135 cm³/mol. The lowest BCUT2D eigenvalue weighted by molar-refractivity contribution is -0.121. The number of amides is 3. The summed E-state index contributed by atoms with van der Waals surface area (Å²) in [7, 11) is 0. The molecule has 0 aromatic heterocycles. The monoisotopic (exact) mass is 482 g/mol. The fourth-order valence-corrected chi connectivity index (χ4v) is 5.42. The summed E-state index contributed by atoms with van der Waals surface area (Å²) in [5.41, 5.74) is 2.78. The molecule has 3 aliphatic rings. The summed E-state index contributed by atoms with van der Waals surface area (Å²) in [4.78, 5) is 29.7. The summed E-state index contributed by atoms with van der Waals surface area (Å²) in [6, 6.07) is 14.1. The molecule has 1 spiro atoms. The fourth-order valence-electron chi connectivity index (χ4n) is 5.29. The van der Waals surface area contributed by atoms with Crippen LogP contribution >= 0.6 is 11.6 Å². The van der Waals surface area contributed by atoms with Gasteiger partial charge in [0.25, 0.3) is 0 Å². The van der Waals surface area contributed by atoms with Crippen LogP contribution in [0.2, 0.25) is 5.02 Å². The second-order valence-corrected chi connectivity index (χ2v) is 9.86. The molecule has 2 aromatic carbocycles. The number of nitrogens with one attached hydrogen (secondary N) is 2. The Morgan fingerprint density at radius 2 is 1.65 bits per heavy atom. The molecule has 180 valence electrons. The van der Waals surface area contributed by atoms with Crippen LogP contribution in [0.4, 0.5) is 21.9 Å². The fraction of sp³-hybridized carbons (Fsp3) is 0.462. The van der Waals surface area contributed by atoms with Crippen LogP contribution in [-0.2, 0) is 9.53 Å². The maximum Gasteiger partial charge on any atom is 0.319 e. The SMILES string of the molecule is O=C(Nc1ccc(Cl)cc1)N[C@@H]1CCCN(c2ccc(N3CCC4(CCCO4)CC3)cc2)C1=O. The molecule has 3 aliphatic heterocycles. The number of piperidine rings is 2. The number of anilines is 3. The first-order chi connectivity index (χ1) is 16.5. The molecule has 2 N–H and O–H groups in total. The van der Waals surface area contributed by atoms with Crippen LogP contribution in [0.5, 0.6) is 0 Å². The Labute approximate surface area is 205 Å². The third-order valence-electron chi connectivity index (χ3n) is 7.23. The van der Waals surface area contributed by atoms with Crippen molar-refractivity contribution in [3.8, 4) is 0 Å². The number of benzene rings is 2. The van der Waals surface area contributed by atoms with Gasteiger partial charge in [-0.05, 0) is 87.1 Å². The van der Waals surface area contributed by atoms with Crippen LogP contribution in [0.1, 0.15) is 38.5 Å². The Hall–Kier alpha value is -2.77. The Bertz CT molecular complexity index is 1010. The molecule has 0 saturated carbocycles. The van der Waals surface area contributed by atoms with E-state index in [1.54, 1.807) is 29.2 Å². The van der Waals surface area contributed by atoms with Crippen LogP contribution in [0.25, 0.3) is 0 Å². The Morgan fingerprint density at radius 3 is 2.32 bits per heavy atom. The lowest BCUT2D eigenvalue weighted by Gasteiger charge is -2.40. The molecule has 2 aromatic rings. The van der Waals surface area contributed by atoms with E-state index in [-0.39, 0.29) is 11.5 Å². The lowest BCUT2D eigenvalue weighted by Crippen LogP contribution is -2.53. The first-order valence-corrected chi connectivity index (χ1v) is 12.5. The number of hydrogen-bond donors (Lipinski definition) is 2. The zero-order chi connectivity index (χ0) is 23.5. The smallest absolute Gasteiger partial charge is 0.319 e. The third-order valence-corrected chi connectivity index (χ3v) is 7.48. The van der Waals surface area contributed by atoms with Gasteiger partial charge in [-0.2, -0.15) is 0 Å². The van der Waals surface area contributed by atoms with Crippen LogP contribution in [0, 0.1) is 0 Å². The third kappa shape index (κ3) is 5.00. The second kappa shape index (κ2) is 9.84. The average Bonchev–Trinajstić information content (AvgIpc) is 3.30. The van der Waals surface area contributed by atoms with Gasteiger partial charge in [-0.15, -0.1) is 0 Å². The van der Waals surface area contributed by atoms with E-state index in [4.69, 9.17) is 16.3 Å². The maximum absolute atomic E-state index is 13.1. The molecule has 1 atom stereocenters. The van der Waals surface area contributed by atoms with Gasteiger partial charge < -0.3 is 25.2 Å². The van der Waals surface area contributed by atoms with Gasteiger partial charge in [0.05, 0.1) is 5.60 Å². The number of ether oxygens (including phenoxy) is 1. The van der Waals surface area contributed by atoms with Crippen molar-refractivity contribution in [1.82, 2.24) is 5.32 Å². The highest BCUT2D eigenvalue weighted by molar-refractivity contribution is 6.30. The van der Waals surface area contributed by atoms with Crippen LogP contribution in [0.3, 0.4) is 0 Å². The molecule has 3 saturated heterocycles. The van der Waals surface area contributed by atoms with E-state index in [9.17, 15) is 9.59 Å². The van der Waals surface area contributed by atoms with E-state index in [1.165, 1.54) is 18.5 Å². The lowest BCUT2D eigenvalue weighted by atomic mass is 9.88. The van der Waals surface area contributed by atoms with Gasteiger partial charge in [0.15, 0.2) is 0 Å². The molecule has 0 aliphatic carbocycles. The van der Waals surface area contributed by atoms with Crippen LogP contribution in [-0.4, -0.2) is 49.8 Å². The second-order valence-electron chi connectivity index (χ2n) is 9.43. The minimum absolute atomic E-state index is 0.0800. The van der Waals surface area contributed by atoms with Crippen molar-refractivity contribution >= 4 is 40.6 Å². The Morgan fingerprint density at radius 1 is 0.941 bits per heavy atom. The van der Waals surface area contributed by atoms with Gasteiger partial charge >= 0.3 is 6.03 Å². The highest BCUT2D eigenvalue weighted by atomic mass is 35.5. The molecule has 8 heteroatoms. The van der Waals surface area contributed by atoms with Crippen molar-refractivity contribution in [2.75, 3.05) is 41.4 Å². The number of hydrogen-bond acceptors (Lipinski definition) is 4. The maximum atomic E-state index is 13.1. The number of carbonyl (C=O) groups excluding carboxylic acids is 2. The molecule has 3 amide bonds. The van der Waals surface area contributed by atoms with Gasteiger partial charge in [-0.3, -0.25) is 4.79 Å². The summed E-state index contributed by atoms with van der Waals surface area (Å²) in [6.07, 6.45) is 5.96. The summed E-state index contributed by atoms with van der Waals surface area (Å²) >= 11 is 5.89. The number of rotatable bonds is 4. The van der Waals surface area contributed by atoms with E-state index in [0.29, 0.717) is 23.7 Å².